The SMILES string of the molecule is CCN(CC)S(=O)(=O)c1cc(C(=O)Nc2ccc(N3CCNC3=O)cc2)ccc1C. The zero-order chi connectivity index (χ0) is 21.9. The summed E-state index contributed by atoms with van der Waals surface area (Å²) in [5, 5.41) is 5.52. The second-order valence-electron chi connectivity index (χ2n) is 6.95. The third-order valence-corrected chi connectivity index (χ3v) is 7.26. The Balaban J connectivity index is 1.80. The summed E-state index contributed by atoms with van der Waals surface area (Å²) in [5.41, 5.74) is 2.14. The van der Waals surface area contributed by atoms with Gasteiger partial charge in [-0.2, -0.15) is 4.31 Å². The standard InChI is InChI=1S/C21H26N4O4S/c1-4-24(5-2)30(28,29)19-14-16(7-6-15(19)3)20(26)23-17-8-10-18(11-9-17)25-13-12-22-21(25)27/h6-11,14H,4-5,12-13H2,1-3H3,(H,22,27)(H,23,26). The Kier molecular flexibility index (Phi) is 6.42. The minimum Gasteiger partial charge on any atom is -0.336 e. The molecule has 3 rings (SSSR count). The van der Waals surface area contributed by atoms with Gasteiger partial charge in [0.25, 0.3) is 5.91 Å². The normalized spacial score (nSPS) is 14.1. The molecule has 1 heterocycles. The van der Waals surface area contributed by atoms with Crippen LogP contribution in [-0.2, 0) is 10.0 Å². The van der Waals surface area contributed by atoms with Gasteiger partial charge in [0, 0.05) is 43.1 Å². The molecule has 160 valence electrons. The number of nitrogens with zero attached hydrogens (tertiary/aromatic N) is 2. The molecule has 8 nitrogen and oxygen atoms in total. The van der Waals surface area contributed by atoms with Gasteiger partial charge in [-0.1, -0.05) is 19.9 Å². The van der Waals surface area contributed by atoms with Crippen molar-refractivity contribution in [1.29, 1.82) is 0 Å². The van der Waals surface area contributed by atoms with Crippen LogP contribution in [0.2, 0.25) is 0 Å². The van der Waals surface area contributed by atoms with E-state index in [9.17, 15) is 18.0 Å². The van der Waals surface area contributed by atoms with E-state index in [1.165, 1.54) is 10.4 Å². The molecule has 1 aliphatic heterocycles. The van der Waals surface area contributed by atoms with E-state index in [2.05, 4.69) is 10.6 Å². The molecule has 9 heteroatoms. The van der Waals surface area contributed by atoms with Crippen LogP contribution in [0, 0.1) is 6.92 Å². The lowest BCUT2D eigenvalue weighted by molar-refractivity contribution is 0.102. The number of hydrogen-bond acceptors (Lipinski definition) is 4. The summed E-state index contributed by atoms with van der Waals surface area (Å²) in [7, 11) is -3.67. The highest BCUT2D eigenvalue weighted by atomic mass is 32.2. The van der Waals surface area contributed by atoms with Gasteiger partial charge in [0.05, 0.1) is 4.90 Å². The number of sulfonamides is 1. The summed E-state index contributed by atoms with van der Waals surface area (Å²) in [4.78, 5) is 26.2. The van der Waals surface area contributed by atoms with Gasteiger partial charge in [0.2, 0.25) is 10.0 Å². The third kappa shape index (κ3) is 4.31. The molecule has 30 heavy (non-hydrogen) atoms. The first-order valence-electron chi connectivity index (χ1n) is 9.85. The molecule has 0 spiro atoms. The highest BCUT2D eigenvalue weighted by Crippen LogP contribution is 2.23. The second kappa shape index (κ2) is 8.85. The molecule has 0 radical (unpaired) electrons. The lowest BCUT2D eigenvalue weighted by atomic mass is 10.1. The van der Waals surface area contributed by atoms with Crippen LogP contribution in [0.1, 0.15) is 29.8 Å². The fraction of sp³-hybridized carbons (Fsp3) is 0.333. The molecule has 3 amide bonds. The average Bonchev–Trinajstić information content (AvgIpc) is 3.15. The molecule has 0 aliphatic carbocycles. The van der Waals surface area contributed by atoms with Crippen molar-refractivity contribution in [2.45, 2.75) is 25.7 Å². The van der Waals surface area contributed by atoms with E-state index in [0.29, 0.717) is 37.4 Å². The molecule has 0 aromatic heterocycles. The summed E-state index contributed by atoms with van der Waals surface area (Å²) in [6.45, 7) is 7.18. The Bertz CT molecular complexity index is 1050. The van der Waals surface area contributed by atoms with Crippen molar-refractivity contribution in [3.63, 3.8) is 0 Å². The summed E-state index contributed by atoms with van der Waals surface area (Å²) < 4.78 is 27.2. The lowest BCUT2D eigenvalue weighted by Gasteiger charge is -2.20. The number of carbonyl (C=O) groups is 2. The van der Waals surface area contributed by atoms with Gasteiger partial charge < -0.3 is 10.6 Å². The average molecular weight is 431 g/mol. The van der Waals surface area contributed by atoms with Crippen molar-refractivity contribution in [1.82, 2.24) is 9.62 Å². The summed E-state index contributed by atoms with van der Waals surface area (Å²) in [5.74, 6) is -0.405. The highest BCUT2D eigenvalue weighted by Gasteiger charge is 2.25. The van der Waals surface area contributed by atoms with Crippen molar-refractivity contribution in [3.8, 4) is 0 Å². The Morgan fingerprint density at radius 2 is 1.80 bits per heavy atom. The van der Waals surface area contributed by atoms with Crippen molar-refractivity contribution in [2.24, 2.45) is 0 Å². The predicted octanol–water partition coefficient (Wildman–Crippen LogP) is 2.81. The molecule has 0 saturated carbocycles. The van der Waals surface area contributed by atoms with Gasteiger partial charge in [0.1, 0.15) is 0 Å². The smallest absolute Gasteiger partial charge is 0.321 e. The zero-order valence-corrected chi connectivity index (χ0v) is 18.1. The summed E-state index contributed by atoms with van der Waals surface area (Å²) in [6.07, 6.45) is 0. The number of nitrogens with one attached hydrogen (secondary N) is 2. The molecule has 2 N–H and O–H groups in total. The molecule has 0 bridgehead atoms. The van der Waals surface area contributed by atoms with Crippen LogP contribution in [0.5, 0.6) is 0 Å². The number of benzene rings is 2. The molecule has 0 unspecified atom stereocenters. The number of anilines is 2. The first kappa shape index (κ1) is 21.8. The number of amides is 3. The summed E-state index contributed by atoms with van der Waals surface area (Å²) >= 11 is 0. The predicted molar refractivity (Wildman–Crippen MR) is 116 cm³/mol. The van der Waals surface area contributed by atoms with E-state index < -0.39 is 15.9 Å². The maximum atomic E-state index is 12.9. The van der Waals surface area contributed by atoms with Crippen molar-refractivity contribution < 1.29 is 18.0 Å². The van der Waals surface area contributed by atoms with E-state index in [1.807, 2.05) is 0 Å². The number of carbonyl (C=O) groups excluding carboxylic acids is 2. The Morgan fingerprint density at radius 3 is 2.37 bits per heavy atom. The Hall–Kier alpha value is -2.91. The monoisotopic (exact) mass is 430 g/mol. The molecule has 0 atom stereocenters. The first-order valence-corrected chi connectivity index (χ1v) is 11.3. The fourth-order valence-corrected chi connectivity index (χ4v) is 5.08. The van der Waals surface area contributed by atoms with Crippen LogP contribution in [0.3, 0.4) is 0 Å². The van der Waals surface area contributed by atoms with Gasteiger partial charge >= 0.3 is 6.03 Å². The first-order chi connectivity index (χ1) is 14.3. The van der Waals surface area contributed by atoms with Crippen LogP contribution in [-0.4, -0.2) is 50.8 Å². The fourth-order valence-electron chi connectivity index (χ4n) is 3.37. The van der Waals surface area contributed by atoms with E-state index >= 15 is 0 Å². The zero-order valence-electron chi connectivity index (χ0n) is 17.3. The molecule has 1 saturated heterocycles. The molecular formula is C21H26N4O4S. The molecule has 2 aromatic rings. The van der Waals surface area contributed by atoms with Crippen LogP contribution in [0.4, 0.5) is 16.2 Å². The van der Waals surface area contributed by atoms with Crippen LogP contribution < -0.4 is 15.5 Å². The van der Waals surface area contributed by atoms with Gasteiger partial charge in [-0.05, 0) is 48.9 Å². The number of aryl methyl sites for hydroxylation is 1. The topological polar surface area (TPSA) is 98.8 Å². The second-order valence-corrected chi connectivity index (χ2v) is 8.86. The van der Waals surface area contributed by atoms with Gasteiger partial charge in [-0.15, -0.1) is 0 Å². The van der Waals surface area contributed by atoms with Crippen LogP contribution in [0.25, 0.3) is 0 Å². The number of rotatable bonds is 7. The van der Waals surface area contributed by atoms with Crippen molar-refractivity contribution in [3.05, 3.63) is 53.6 Å². The van der Waals surface area contributed by atoms with Gasteiger partial charge in [-0.25, -0.2) is 13.2 Å². The van der Waals surface area contributed by atoms with Gasteiger partial charge in [0.15, 0.2) is 0 Å². The molecule has 1 fully saturated rings. The van der Waals surface area contributed by atoms with E-state index in [-0.39, 0.29) is 16.5 Å². The number of hydrogen-bond donors (Lipinski definition) is 2. The maximum absolute atomic E-state index is 12.9. The number of urea groups is 1. The van der Waals surface area contributed by atoms with E-state index in [0.717, 1.165) is 5.69 Å². The van der Waals surface area contributed by atoms with Gasteiger partial charge in [-0.3, -0.25) is 9.69 Å². The van der Waals surface area contributed by atoms with Crippen LogP contribution >= 0.6 is 0 Å². The Labute approximate surface area is 176 Å². The third-order valence-electron chi connectivity index (χ3n) is 5.07. The molecule has 2 aromatic carbocycles. The minimum atomic E-state index is -3.67. The molecular weight excluding hydrogens is 404 g/mol. The summed E-state index contributed by atoms with van der Waals surface area (Å²) in [6, 6.07) is 11.4. The Morgan fingerprint density at radius 1 is 1.13 bits per heavy atom. The van der Waals surface area contributed by atoms with E-state index in [4.69, 9.17) is 0 Å². The van der Waals surface area contributed by atoms with Crippen LogP contribution in [0.15, 0.2) is 47.4 Å². The maximum Gasteiger partial charge on any atom is 0.321 e. The van der Waals surface area contributed by atoms with Crippen molar-refractivity contribution >= 4 is 33.3 Å². The lowest BCUT2D eigenvalue weighted by Crippen LogP contribution is -2.31. The quantitative estimate of drug-likeness (QED) is 0.706. The largest absolute Gasteiger partial charge is 0.336 e. The minimum absolute atomic E-state index is 0.134. The highest BCUT2D eigenvalue weighted by molar-refractivity contribution is 7.89. The van der Waals surface area contributed by atoms with E-state index in [1.54, 1.807) is 62.1 Å². The molecule has 1 aliphatic rings. The van der Waals surface area contributed by atoms with Crippen molar-refractivity contribution in [2.75, 3.05) is 36.4 Å².